The Bertz CT molecular complexity index is 764. The molecule has 6 nitrogen and oxygen atoms in total. The van der Waals surface area contributed by atoms with Crippen molar-refractivity contribution in [3.05, 3.63) is 23.8 Å². The van der Waals surface area contributed by atoms with Crippen molar-refractivity contribution >= 4 is 17.5 Å². The fraction of sp³-hybridized carbons (Fsp3) is 0.636. The van der Waals surface area contributed by atoms with E-state index in [1.807, 2.05) is 37.1 Å². The second-order valence-corrected chi connectivity index (χ2v) is 8.98. The first kappa shape index (κ1) is 19.2. The third-order valence-corrected chi connectivity index (χ3v) is 6.99. The number of carbonyl (C=O) groups is 2. The maximum Gasteiger partial charge on any atom is 0.265 e. The van der Waals surface area contributed by atoms with Crippen LogP contribution in [0.3, 0.4) is 0 Å². The van der Waals surface area contributed by atoms with Crippen molar-refractivity contribution in [1.29, 1.82) is 0 Å². The monoisotopic (exact) mass is 385 g/mol. The predicted octanol–water partition coefficient (Wildman–Crippen LogP) is 2.30. The summed E-state index contributed by atoms with van der Waals surface area (Å²) >= 11 is 0. The van der Waals surface area contributed by atoms with Crippen molar-refractivity contribution in [2.45, 2.75) is 44.7 Å². The van der Waals surface area contributed by atoms with Gasteiger partial charge in [0.25, 0.3) is 5.91 Å². The maximum atomic E-state index is 13.0. The first-order valence-corrected chi connectivity index (χ1v) is 10.3. The number of ether oxygens (including phenoxy) is 1. The highest BCUT2D eigenvalue weighted by Gasteiger charge is 2.44. The highest BCUT2D eigenvalue weighted by molar-refractivity contribution is 6.02. The van der Waals surface area contributed by atoms with Gasteiger partial charge in [0, 0.05) is 19.1 Å². The van der Waals surface area contributed by atoms with Crippen molar-refractivity contribution in [2.24, 2.45) is 11.8 Å². The highest BCUT2D eigenvalue weighted by Crippen LogP contribution is 2.46. The molecule has 3 aliphatic rings. The van der Waals surface area contributed by atoms with E-state index in [1.54, 1.807) is 4.90 Å². The Balaban J connectivity index is 1.41. The zero-order valence-corrected chi connectivity index (χ0v) is 17.4. The van der Waals surface area contributed by atoms with Gasteiger partial charge in [0.05, 0.1) is 5.69 Å². The first-order valence-electron chi connectivity index (χ1n) is 10.3. The molecule has 4 rings (SSSR count). The number of rotatable bonds is 4. The van der Waals surface area contributed by atoms with Crippen LogP contribution in [0, 0.1) is 18.8 Å². The molecule has 2 saturated carbocycles. The summed E-state index contributed by atoms with van der Waals surface area (Å²) in [5, 5.41) is 0. The second-order valence-electron chi connectivity index (χ2n) is 8.98. The Labute approximate surface area is 167 Å². The van der Waals surface area contributed by atoms with Crippen LogP contribution >= 0.6 is 0 Å². The molecule has 6 heteroatoms. The number of carbonyl (C=O) groups excluding carboxylic acids is 2. The van der Waals surface area contributed by atoms with E-state index >= 15 is 0 Å². The lowest BCUT2D eigenvalue weighted by Crippen LogP contribution is -2.47. The van der Waals surface area contributed by atoms with Crippen molar-refractivity contribution < 1.29 is 14.3 Å². The molecule has 1 aromatic carbocycles. The zero-order chi connectivity index (χ0) is 20.0. The van der Waals surface area contributed by atoms with Gasteiger partial charge in [-0.3, -0.25) is 14.5 Å². The Kier molecular flexibility index (Phi) is 5.08. The standard InChI is InChI=1S/C22H31N3O3/c1-14-5-6-20-19(7-14)25(22(27)13-28-20)12-21(26)24(4)18-10-15-8-17(23(2)3)9-16(15)11-18/h5-7,15-18H,8-13H2,1-4H3/t15-,16+,17?,18?. The first-order chi connectivity index (χ1) is 13.3. The van der Waals surface area contributed by atoms with Crippen LogP contribution in [0.15, 0.2) is 18.2 Å². The fourth-order valence-corrected chi connectivity index (χ4v) is 5.23. The van der Waals surface area contributed by atoms with Crippen LogP contribution in [0.4, 0.5) is 5.69 Å². The van der Waals surface area contributed by atoms with Crippen molar-refractivity contribution in [1.82, 2.24) is 9.80 Å². The fourth-order valence-electron chi connectivity index (χ4n) is 5.23. The smallest absolute Gasteiger partial charge is 0.265 e. The van der Waals surface area contributed by atoms with E-state index in [-0.39, 0.29) is 25.0 Å². The molecule has 2 unspecified atom stereocenters. The van der Waals surface area contributed by atoms with Crippen LogP contribution in [0.5, 0.6) is 5.75 Å². The highest BCUT2D eigenvalue weighted by atomic mass is 16.5. The van der Waals surface area contributed by atoms with Crippen molar-refractivity contribution in [2.75, 3.05) is 39.2 Å². The Morgan fingerprint density at radius 1 is 1.11 bits per heavy atom. The van der Waals surface area contributed by atoms with Gasteiger partial charge in [0.2, 0.25) is 5.91 Å². The molecule has 1 aliphatic heterocycles. The molecule has 2 fully saturated rings. The van der Waals surface area contributed by atoms with Gasteiger partial charge in [0.15, 0.2) is 6.61 Å². The van der Waals surface area contributed by atoms with Crippen LogP contribution in [-0.2, 0) is 9.59 Å². The number of hydrogen-bond donors (Lipinski definition) is 0. The number of nitrogens with zero attached hydrogens (tertiary/aromatic N) is 3. The molecule has 0 spiro atoms. The lowest BCUT2D eigenvalue weighted by molar-refractivity contribution is -0.132. The molecule has 0 N–H and O–H groups in total. The van der Waals surface area contributed by atoms with E-state index in [0.717, 1.165) is 30.2 Å². The Morgan fingerprint density at radius 2 is 1.75 bits per heavy atom. The van der Waals surface area contributed by atoms with Gasteiger partial charge in [-0.1, -0.05) is 6.07 Å². The second kappa shape index (κ2) is 7.39. The molecule has 0 radical (unpaired) electrons. The van der Waals surface area contributed by atoms with E-state index in [0.29, 0.717) is 23.5 Å². The summed E-state index contributed by atoms with van der Waals surface area (Å²) in [7, 11) is 6.23. The summed E-state index contributed by atoms with van der Waals surface area (Å²) in [4.78, 5) is 31.3. The van der Waals surface area contributed by atoms with E-state index in [9.17, 15) is 9.59 Å². The topological polar surface area (TPSA) is 53.1 Å². The number of likely N-dealkylation sites (N-methyl/N-ethyl adjacent to an activating group) is 1. The van der Waals surface area contributed by atoms with Gasteiger partial charge in [-0.15, -0.1) is 0 Å². The minimum Gasteiger partial charge on any atom is -0.482 e. The molecular weight excluding hydrogens is 354 g/mol. The van der Waals surface area contributed by atoms with Crippen LogP contribution in [0.25, 0.3) is 0 Å². The van der Waals surface area contributed by atoms with Crippen molar-refractivity contribution in [3.8, 4) is 5.75 Å². The Morgan fingerprint density at radius 3 is 2.39 bits per heavy atom. The summed E-state index contributed by atoms with van der Waals surface area (Å²) < 4.78 is 5.52. The van der Waals surface area contributed by atoms with Gasteiger partial charge in [0.1, 0.15) is 12.3 Å². The normalized spacial score (nSPS) is 28.9. The van der Waals surface area contributed by atoms with E-state index in [2.05, 4.69) is 19.0 Å². The zero-order valence-electron chi connectivity index (χ0n) is 17.4. The maximum absolute atomic E-state index is 13.0. The Hall–Kier alpha value is -2.08. The molecule has 4 atom stereocenters. The quantitative estimate of drug-likeness (QED) is 0.798. The molecule has 28 heavy (non-hydrogen) atoms. The minimum absolute atomic E-state index is 0.00739. The third kappa shape index (κ3) is 3.50. The van der Waals surface area contributed by atoms with Gasteiger partial charge in [-0.25, -0.2) is 0 Å². The number of hydrogen-bond acceptors (Lipinski definition) is 4. The summed E-state index contributed by atoms with van der Waals surface area (Å²) in [6.07, 6.45) is 4.66. The number of aryl methyl sites for hydroxylation is 1. The summed E-state index contributed by atoms with van der Waals surface area (Å²) in [6.45, 7) is 2.05. The van der Waals surface area contributed by atoms with E-state index in [1.165, 1.54) is 12.8 Å². The van der Waals surface area contributed by atoms with Crippen LogP contribution in [0.2, 0.25) is 0 Å². The molecule has 0 saturated heterocycles. The van der Waals surface area contributed by atoms with Crippen LogP contribution in [0.1, 0.15) is 31.2 Å². The average Bonchev–Trinajstić information content (AvgIpc) is 3.22. The van der Waals surface area contributed by atoms with Crippen LogP contribution < -0.4 is 9.64 Å². The molecule has 1 heterocycles. The van der Waals surface area contributed by atoms with Gasteiger partial charge in [-0.05, 0) is 76.2 Å². The lowest BCUT2D eigenvalue weighted by atomic mass is 10.0. The lowest BCUT2D eigenvalue weighted by Gasteiger charge is -2.32. The van der Waals surface area contributed by atoms with E-state index < -0.39 is 0 Å². The average molecular weight is 386 g/mol. The minimum atomic E-state index is -0.156. The molecule has 2 aliphatic carbocycles. The number of anilines is 1. The third-order valence-electron chi connectivity index (χ3n) is 6.99. The largest absolute Gasteiger partial charge is 0.482 e. The molecular formula is C22H31N3O3. The molecule has 1 aromatic rings. The molecule has 0 bridgehead atoms. The molecule has 152 valence electrons. The number of amides is 2. The van der Waals surface area contributed by atoms with Gasteiger partial charge < -0.3 is 14.5 Å². The van der Waals surface area contributed by atoms with E-state index in [4.69, 9.17) is 4.74 Å². The molecule has 0 aromatic heterocycles. The number of benzene rings is 1. The summed E-state index contributed by atoms with van der Waals surface area (Å²) in [5.41, 5.74) is 1.75. The SMILES string of the molecule is Cc1ccc2c(c1)N(CC(=O)N(C)C1C[C@H]3CC(N(C)C)C[C@H]3C1)C(=O)CO2. The summed E-state index contributed by atoms with van der Waals surface area (Å²) in [6, 6.07) is 6.72. The van der Waals surface area contributed by atoms with Crippen molar-refractivity contribution in [3.63, 3.8) is 0 Å². The summed E-state index contributed by atoms with van der Waals surface area (Å²) in [5.74, 6) is 1.97. The number of fused-ring (bicyclic) bond motifs is 2. The van der Waals surface area contributed by atoms with Gasteiger partial charge in [-0.2, -0.15) is 0 Å². The van der Waals surface area contributed by atoms with Crippen LogP contribution in [-0.4, -0.2) is 68.0 Å². The van der Waals surface area contributed by atoms with Gasteiger partial charge >= 0.3 is 0 Å². The molecule has 2 amide bonds. The predicted molar refractivity (Wildman–Crippen MR) is 109 cm³/mol.